The molecule has 1 N–H and O–H groups in total. The van der Waals surface area contributed by atoms with E-state index in [0.717, 1.165) is 5.56 Å². The molecule has 32 heavy (non-hydrogen) atoms. The summed E-state index contributed by atoms with van der Waals surface area (Å²) in [6.07, 6.45) is 1.77. The molecule has 1 fully saturated rings. The van der Waals surface area contributed by atoms with Gasteiger partial charge in [0.2, 0.25) is 0 Å². The fourth-order valence-corrected chi connectivity index (χ4v) is 4.08. The van der Waals surface area contributed by atoms with Crippen molar-refractivity contribution in [2.45, 2.75) is 13.0 Å². The number of Topliss-reactive ketones (excluding diaryl/α,β-unsaturated/α-hetero) is 1. The summed E-state index contributed by atoms with van der Waals surface area (Å²) in [7, 11) is 5.38. The van der Waals surface area contributed by atoms with Crippen LogP contribution in [0.15, 0.2) is 54.2 Å². The second-order valence-corrected chi connectivity index (χ2v) is 8.04. The normalized spacial score (nSPS) is 18.2. The highest BCUT2D eigenvalue weighted by Gasteiger charge is 2.46. The number of benzene rings is 1. The lowest BCUT2D eigenvalue weighted by Crippen LogP contribution is -2.35. The molecule has 4 rings (SSSR count). The van der Waals surface area contributed by atoms with Gasteiger partial charge in [0.1, 0.15) is 17.1 Å². The van der Waals surface area contributed by atoms with E-state index in [9.17, 15) is 14.7 Å². The minimum atomic E-state index is -0.713. The van der Waals surface area contributed by atoms with Gasteiger partial charge in [-0.2, -0.15) is 0 Å². The summed E-state index contributed by atoms with van der Waals surface area (Å²) in [4.78, 5) is 34.1. The van der Waals surface area contributed by atoms with Crippen molar-refractivity contribution in [3.63, 3.8) is 0 Å². The Hall–Kier alpha value is -3.65. The Bertz CT molecular complexity index is 1210. The SMILES string of the molecule is COc1ccc(C2/C(=C(\O)c3c(C)nc4ccccn34)C(=O)C(=O)N2CCN(C)C)cc1. The Morgan fingerprint density at radius 1 is 1.16 bits per heavy atom. The Morgan fingerprint density at radius 3 is 2.53 bits per heavy atom. The molecular weight excluding hydrogens is 408 g/mol. The molecule has 0 saturated carbocycles. The van der Waals surface area contributed by atoms with Crippen LogP contribution in [0.3, 0.4) is 0 Å². The zero-order valence-electron chi connectivity index (χ0n) is 18.6. The van der Waals surface area contributed by atoms with Gasteiger partial charge in [0, 0.05) is 19.3 Å². The molecule has 0 bridgehead atoms. The fourth-order valence-electron chi connectivity index (χ4n) is 4.08. The number of carbonyl (C=O) groups is 2. The van der Waals surface area contributed by atoms with E-state index in [1.807, 2.05) is 49.3 Å². The second-order valence-electron chi connectivity index (χ2n) is 8.04. The number of nitrogens with zero attached hydrogens (tertiary/aromatic N) is 4. The van der Waals surface area contributed by atoms with Crippen molar-refractivity contribution in [1.82, 2.24) is 19.2 Å². The first kappa shape index (κ1) is 21.6. The van der Waals surface area contributed by atoms with Crippen LogP contribution in [0.4, 0.5) is 0 Å². The molecule has 3 aromatic rings. The quantitative estimate of drug-likeness (QED) is 0.365. The van der Waals surface area contributed by atoms with Crippen LogP contribution in [0.25, 0.3) is 11.4 Å². The van der Waals surface area contributed by atoms with Crippen LogP contribution >= 0.6 is 0 Å². The summed E-state index contributed by atoms with van der Waals surface area (Å²) < 4.78 is 6.98. The number of imidazole rings is 1. The minimum Gasteiger partial charge on any atom is -0.505 e. The highest BCUT2D eigenvalue weighted by Crippen LogP contribution is 2.40. The number of likely N-dealkylation sites (N-methyl/N-ethyl adjacent to an activating group) is 1. The van der Waals surface area contributed by atoms with Crippen molar-refractivity contribution in [2.75, 3.05) is 34.3 Å². The molecule has 8 nitrogen and oxygen atoms in total. The molecule has 8 heteroatoms. The van der Waals surface area contributed by atoms with E-state index in [1.54, 1.807) is 36.8 Å². The van der Waals surface area contributed by atoms with Gasteiger partial charge < -0.3 is 19.6 Å². The summed E-state index contributed by atoms with van der Waals surface area (Å²) in [5.41, 5.74) is 2.41. The van der Waals surface area contributed by atoms with Crippen LogP contribution in [-0.2, 0) is 9.59 Å². The van der Waals surface area contributed by atoms with E-state index in [2.05, 4.69) is 4.98 Å². The topological polar surface area (TPSA) is 87.4 Å². The molecule has 0 aliphatic carbocycles. The zero-order valence-corrected chi connectivity index (χ0v) is 18.6. The number of hydrogen-bond acceptors (Lipinski definition) is 6. The Balaban J connectivity index is 1.91. The number of methoxy groups -OCH3 is 1. The number of amides is 1. The van der Waals surface area contributed by atoms with Crippen LogP contribution in [0.2, 0.25) is 0 Å². The number of rotatable bonds is 6. The number of ether oxygens (including phenoxy) is 1. The first-order chi connectivity index (χ1) is 15.3. The van der Waals surface area contributed by atoms with Crippen LogP contribution < -0.4 is 4.74 Å². The standard InChI is InChI=1S/C24H26N4O4/c1-15-20(27-12-6-5-7-18(27)25-15)22(29)19-21(16-8-10-17(32-4)11-9-16)28(14-13-26(2)3)24(31)23(19)30/h5-12,21,29H,13-14H2,1-4H3/b22-19+. The first-order valence-electron chi connectivity index (χ1n) is 10.3. The highest BCUT2D eigenvalue weighted by atomic mass is 16.5. The molecule has 0 spiro atoms. The third-order valence-corrected chi connectivity index (χ3v) is 5.69. The third-order valence-electron chi connectivity index (χ3n) is 5.69. The molecule has 0 radical (unpaired) electrons. The van der Waals surface area contributed by atoms with Gasteiger partial charge in [-0.3, -0.25) is 14.0 Å². The summed E-state index contributed by atoms with van der Waals surface area (Å²) in [5, 5.41) is 11.4. The van der Waals surface area contributed by atoms with Crippen molar-refractivity contribution >= 4 is 23.1 Å². The molecule has 1 aromatic carbocycles. The summed E-state index contributed by atoms with van der Waals surface area (Å²) >= 11 is 0. The Labute approximate surface area is 186 Å². The van der Waals surface area contributed by atoms with Crippen LogP contribution in [0, 0.1) is 6.92 Å². The lowest BCUT2D eigenvalue weighted by atomic mass is 9.96. The van der Waals surface area contributed by atoms with Crippen molar-refractivity contribution in [1.29, 1.82) is 0 Å². The maximum absolute atomic E-state index is 13.2. The van der Waals surface area contributed by atoms with E-state index in [1.165, 1.54) is 4.90 Å². The third kappa shape index (κ3) is 3.62. The number of aromatic nitrogens is 2. The number of ketones is 1. The lowest BCUT2D eigenvalue weighted by Gasteiger charge is -2.26. The molecule has 3 heterocycles. The summed E-state index contributed by atoms with van der Waals surface area (Å²) in [6.45, 7) is 2.69. The molecule has 1 amide bonds. The van der Waals surface area contributed by atoms with Crippen LogP contribution in [-0.4, -0.2) is 70.3 Å². The number of aryl methyl sites for hydroxylation is 1. The van der Waals surface area contributed by atoms with E-state index in [-0.39, 0.29) is 11.3 Å². The molecule has 1 unspecified atom stereocenters. The number of carbonyl (C=O) groups excluding carboxylic acids is 2. The van der Waals surface area contributed by atoms with Crippen molar-refractivity contribution in [3.05, 3.63) is 71.2 Å². The smallest absolute Gasteiger partial charge is 0.295 e. The average molecular weight is 434 g/mol. The van der Waals surface area contributed by atoms with Crippen molar-refractivity contribution < 1.29 is 19.4 Å². The van der Waals surface area contributed by atoms with Gasteiger partial charge in [-0.1, -0.05) is 18.2 Å². The average Bonchev–Trinajstić information content (AvgIpc) is 3.25. The van der Waals surface area contributed by atoms with Crippen LogP contribution in [0.1, 0.15) is 23.0 Å². The number of likely N-dealkylation sites (tertiary alicyclic amines) is 1. The maximum atomic E-state index is 13.2. The summed E-state index contributed by atoms with van der Waals surface area (Å²) in [6, 6.07) is 12.0. The van der Waals surface area contributed by atoms with E-state index in [0.29, 0.717) is 35.9 Å². The van der Waals surface area contributed by atoms with Gasteiger partial charge in [0.25, 0.3) is 11.7 Å². The predicted molar refractivity (Wildman–Crippen MR) is 120 cm³/mol. The predicted octanol–water partition coefficient (Wildman–Crippen LogP) is 2.63. The molecule has 1 aliphatic rings. The second kappa shape index (κ2) is 8.47. The minimum absolute atomic E-state index is 0.0627. The lowest BCUT2D eigenvalue weighted by molar-refractivity contribution is -0.140. The molecule has 1 aliphatic heterocycles. The Morgan fingerprint density at radius 2 is 1.88 bits per heavy atom. The van der Waals surface area contributed by atoms with E-state index < -0.39 is 17.7 Å². The van der Waals surface area contributed by atoms with Gasteiger partial charge in [-0.05, 0) is 50.8 Å². The van der Waals surface area contributed by atoms with Gasteiger partial charge >= 0.3 is 0 Å². The fraction of sp³-hybridized carbons (Fsp3) is 0.292. The largest absolute Gasteiger partial charge is 0.505 e. The number of pyridine rings is 1. The molecule has 1 saturated heterocycles. The molecule has 2 aromatic heterocycles. The number of fused-ring (bicyclic) bond motifs is 1. The van der Waals surface area contributed by atoms with E-state index in [4.69, 9.17) is 4.74 Å². The monoisotopic (exact) mass is 434 g/mol. The summed E-state index contributed by atoms with van der Waals surface area (Å²) in [5.74, 6) is -0.891. The Kier molecular flexibility index (Phi) is 5.71. The van der Waals surface area contributed by atoms with Gasteiger partial charge in [-0.15, -0.1) is 0 Å². The zero-order chi connectivity index (χ0) is 23.0. The van der Waals surface area contributed by atoms with Gasteiger partial charge in [0.05, 0.1) is 24.4 Å². The van der Waals surface area contributed by atoms with Gasteiger partial charge in [0.15, 0.2) is 5.76 Å². The molecular formula is C24H26N4O4. The first-order valence-corrected chi connectivity index (χ1v) is 10.3. The molecule has 1 atom stereocenters. The maximum Gasteiger partial charge on any atom is 0.295 e. The number of aliphatic hydroxyl groups is 1. The highest BCUT2D eigenvalue weighted by molar-refractivity contribution is 6.46. The van der Waals surface area contributed by atoms with Crippen molar-refractivity contribution in [3.8, 4) is 5.75 Å². The van der Waals surface area contributed by atoms with E-state index >= 15 is 0 Å². The molecule has 166 valence electrons. The van der Waals surface area contributed by atoms with Crippen LogP contribution in [0.5, 0.6) is 5.75 Å². The van der Waals surface area contributed by atoms with Gasteiger partial charge in [-0.25, -0.2) is 4.98 Å². The van der Waals surface area contributed by atoms with Crippen molar-refractivity contribution in [2.24, 2.45) is 0 Å². The number of hydrogen-bond donors (Lipinski definition) is 1. The number of aliphatic hydroxyl groups excluding tert-OH is 1.